The molecule has 0 radical (unpaired) electrons. The molecule has 3 rings (SSSR count). The second-order valence-corrected chi connectivity index (χ2v) is 10.5. The molecule has 1 aromatic carbocycles. The normalized spacial score (nSPS) is 13.5. The number of carbonyl (C=O) groups is 3. The smallest absolute Gasteiger partial charge is 0.416 e. The zero-order valence-corrected chi connectivity index (χ0v) is 22.7. The van der Waals surface area contributed by atoms with E-state index in [1.54, 1.807) is 10.8 Å². The van der Waals surface area contributed by atoms with E-state index < -0.39 is 47.0 Å². The maximum atomic E-state index is 13.3. The van der Waals surface area contributed by atoms with Gasteiger partial charge in [0.1, 0.15) is 11.9 Å². The van der Waals surface area contributed by atoms with Crippen LogP contribution in [0.5, 0.6) is 0 Å². The number of amides is 2. The van der Waals surface area contributed by atoms with E-state index in [2.05, 4.69) is 20.5 Å². The van der Waals surface area contributed by atoms with Crippen LogP contribution in [0.4, 0.5) is 23.8 Å². The molecule has 0 fully saturated rings. The number of carbonyl (C=O) groups excluding carboxylic acids is 2. The van der Waals surface area contributed by atoms with E-state index >= 15 is 0 Å². The number of ketones is 1. The van der Waals surface area contributed by atoms with Crippen LogP contribution in [0.2, 0.25) is 0 Å². The average molecular weight is 563 g/mol. The highest BCUT2D eigenvalue weighted by molar-refractivity contribution is 6.42. The van der Waals surface area contributed by atoms with Gasteiger partial charge < -0.3 is 15.0 Å². The number of rotatable bonds is 11. The number of aromatic nitrogens is 4. The Balaban J connectivity index is 1.91. The number of nitrogens with one attached hydrogen (secondary N) is 2. The Morgan fingerprint density at radius 1 is 1.12 bits per heavy atom. The van der Waals surface area contributed by atoms with Gasteiger partial charge in [0.25, 0.3) is 5.91 Å². The number of carboxylic acid groups (broad SMARTS) is 1. The van der Waals surface area contributed by atoms with Crippen molar-refractivity contribution < 1.29 is 32.7 Å². The van der Waals surface area contributed by atoms with E-state index in [-0.39, 0.29) is 18.8 Å². The third-order valence-corrected chi connectivity index (χ3v) is 6.52. The predicted octanol–water partition coefficient (Wildman–Crippen LogP) is 5.45. The van der Waals surface area contributed by atoms with Gasteiger partial charge in [-0.3, -0.25) is 19.6 Å². The number of nitrogens with zero attached hydrogens (tertiary/aromatic N) is 4. The van der Waals surface area contributed by atoms with Crippen molar-refractivity contribution in [3.05, 3.63) is 54.6 Å². The van der Waals surface area contributed by atoms with Crippen LogP contribution in [0, 0.1) is 5.41 Å². The van der Waals surface area contributed by atoms with Gasteiger partial charge in [0.2, 0.25) is 5.78 Å². The molecule has 0 saturated heterocycles. The van der Waals surface area contributed by atoms with Crippen LogP contribution in [-0.4, -0.2) is 59.6 Å². The van der Waals surface area contributed by atoms with Crippen molar-refractivity contribution in [1.29, 1.82) is 0 Å². The van der Waals surface area contributed by atoms with Crippen molar-refractivity contribution in [2.75, 3.05) is 5.32 Å². The molecular formula is C27H33F3N6O4. The summed E-state index contributed by atoms with van der Waals surface area (Å²) in [5.41, 5.74) is -0.594. The molecule has 2 amide bonds. The van der Waals surface area contributed by atoms with E-state index in [1.807, 2.05) is 27.7 Å². The fraction of sp³-hybridized carbons (Fsp3) is 0.444. The van der Waals surface area contributed by atoms with Crippen molar-refractivity contribution >= 4 is 23.6 Å². The highest BCUT2D eigenvalue weighted by Gasteiger charge is 2.42. The maximum Gasteiger partial charge on any atom is 0.416 e. The van der Waals surface area contributed by atoms with Crippen LogP contribution in [-0.2, 0) is 22.3 Å². The fourth-order valence-corrected chi connectivity index (χ4v) is 4.36. The Kier molecular flexibility index (Phi) is 9.38. The van der Waals surface area contributed by atoms with Crippen molar-refractivity contribution in [3.8, 4) is 11.3 Å². The lowest BCUT2D eigenvalue weighted by Gasteiger charge is -2.42. The number of alkyl halides is 3. The standard InChI is InChI=1S/C27H33F3N6O4/c1-5-6-7-20(23(37)24(38)33-22-12-13-32-34-22)36(25(39)40)21(26(2,3)4)15-35-14-19(31-16-35)17-8-10-18(11-9-17)27(28,29)30/h8-14,16,20-21H,5-7,15H2,1-4H3,(H,39,40)(H2,32,33,34,38)/t20-,21+/m0/s1. The largest absolute Gasteiger partial charge is 0.465 e. The van der Waals surface area contributed by atoms with Crippen LogP contribution in [0.3, 0.4) is 0 Å². The summed E-state index contributed by atoms with van der Waals surface area (Å²) in [6.45, 7) is 7.46. The third kappa shape index (κ3) is 7.48. The summed E-state index contributed by atoms with van der Waals surface area (Å²) in [6, 6.07) is 4.02. The summed E-state index contributed by atoms with van der Waals surface area (Å²) < 4.78 is 40.5. The van der Waals surface area contributed by atoms with E-state index in [0.717, 1.165) is 17.0 Å². The maximum absolute atomic E-state index is 13.3. The minimum atomic E-state index is -4.46. The summed E-state index contributed by atoms with van der Waals surface area (Å²) in [6.07, 6.45) is -0.0153. The van der Waals surface area contributed by atoms with E-state index in [4.69, 9.17) is 0 Å². The van der Waals surface area contributed by atoms with E-state index in [0.29, 0.717) is 24.1 Å². The minimum absolute atomic E-state index is 0.0848. The molecule has 0 saturated carbocycles. The van der Waals surface area contributed by atoms with Gasteiger partial charge >= 0.3 is 12.3 Å². The number of H-pyrrole nitrogens is 1. The van der Waals surface area contributed by atoms with Gasteiger partial charge in [0.05, 0.1) is 29.8 Å². The molecule has 0 bridgehead atoms. The summed E-state index contributed by atoms with van der Waals surface area (Å²) in [5.74, 6) is -1.65. The summed E-state index contributed by atoms with van der Waals surface area (Å²) in [4.78, 5) is 44.2. The van der Waals surface area contributed by atoms with Crippen molar-refractivity contribution in [1.82, 2.24) is 24.6 Å². The monoisotopic (exact) mass is 562 g/mol. The second kappa shape index (κ2) is 12.3. The first-order valence-electron chi connectivity index (χ1n) is 12.8. The van der Waals surface area contributed by atoms with Gasteiger partial charge in [-0.25, -0.2) is 9.78 Å². The molecule has 2 atom stereocenters. The van der Waals surface area contributed by atoms with Crippen molar-refractivity contribution in [2.45, 2.75) is 71.8 Å². The first kappa shape index (κ1) is 30.4. The first-order valence-corrected chi connectivity index (χ1v) is 12.8. The van der Waals surface area contributed by atoms with Crippen LogP contribution in [0.1, 0.15) is 52.5 Å². The van der Waals surface area contributed by atoms with Crippen LogP contribution in [0.15, 0.2) is 49.1 Å². The zero-order valence-electron chi connectivity index (χ0n) is 22.7. The number of aromatic amines is 1. The molecule has 0 aliphatic heterocycles. The summed E-state index contributed by atoms with van der Waals surface area (Å²) in [5, 5.41) is 19.0. The Bertz CT molecular complexity index is 1300. The van der Waals surface area contributed by atoms with E-state index in [1.165, 1.54) is 30.7 Å². The Morgan fingerprint density at radius 2 is 1.80 bits per heavy atom. The fourth-order valence-electron chi connectivity index (χ4n) is 4.36. The molecule has 3 aromatic rings. The molecule has 13 heteroatoms. The minimum Gasteiger partial charge on any atom is -0.465 e. The van der Waals surface area contributed by atoms with Gasteiger partial charge in [0.15, 0.2) is 0 Å². The van der Waals surface area contributed by atoms with E-state index in [9.17, 15) is 32.7 Å². The molecule has 0 unspecified atom stereocenters. The average Bonchev–Trinajstić information content (AvgIpc) is 3.56. The van der Waals surface area contributed by atoms with Gasteiger partial charge in [-0.15, -0.1) is 0 Å². The highest BCUT2D eigenvalue weighted by atomic mass is 19.4. The Labute approximate surface area is 229 Å². The lowest BCUT2D eigenvalue weighted by atomic mass is 9.84. The van der Waals surface area contributed by atoms with Gasteiger partial charge in [-0.2, -0.15) is 18.3 Å². The quantitative estimate of drug-likeness (QED) is 0.266. The van der Waals surface area contributed by atoms with Gasteiger partial charge in [-0.1, -0.05) is 52.7 Å². The number of unbranched alkanes of at least 4 members (excludes halogenated alkanes) is 1. The number of halogens is 3. The molecule has 2 heterocycles. The van der Waals surface area contributed by atoms with Crippen molar-refractivity contribution in [3.63, 3.8) is 0 Å². The molecule has 216 valence electrons. The number of hydrogen-bond acceptors (Lipinski definition) is 5. The van der Waals surface area contributed by atoms with Crippen LogP contribution in [0.25, 0.3) is 11.3 Å². The number of benzene rings is 1. The molecule has 0 spiro atoms. The van der Waals surface area contributed by atoms with Gasteiger partial charge in [0, 0.05) is 24.4 Å². The summed E-state index contributed by atoms with van der Waals surface area (Å²) >= 11 is 0. The third-order valence-electron chi connectivity index (χ3n) is 6.52. The first-order chi connectivity index (χ1) is 18.7. The van der Waals surface area contributed by atoms with Crippen LogP contribution >= 0.6 is 0 Å². The zero-order chi connectivity index (χ0) is 29.7. The lowest BCUT2D eigenvalue weighted by Crippen LogP contribution is -2.57. The van der Waals surface area contributed by atoms with Gasteiger partial charge in [-0.05, 0) is 24.0 Å². The lowest BCUT2D eigenvalue weighted by molar-refractivity contribution is -0.139. The predicted molar refractivity (Wildman–Crippen MR) is 141 cm³/mol. The molecule has 10 nitrogen and oxygen atoms in total. The number of imidazole rings is 1. The molecule has 40 heavy (non-hydrogen) atoms. The number of anilines is 1. The Morgan fingerprint density at radius 3 is 2.33 bits per heavy atom. The molecule has 2 aromatic heterocycles. The SMILES string of the molecule is CCCC[C@@H](C(=O)C(=O)Nc1ccn[nH]1)N(C(=O)O)[C@H](Cn1cnc(-c2ccc(C(F)(F)F)cc2)c1)C(C)(C)C. The molecule has 0 aliphatic rings. The van der Waals surface area contributed by atoms with Crippen LogP contribution < -0.4 is 5.32 Å². The molecule has 0 aliphatic carbocycles. The summed E-state index contributed by atoms with van der Waals surface area (Å²) in [7, 11) is 0. The number of hydrogen-bond donors (Lipinski definition) is 3. The van der Waals surface area contributed by atoms with Crippen molar-refractivity contribution in [2.24, 2.45) is 5.41 Å². The molecule has 3 N–H and O–H groups in total. The Hall–Kier alpha value is -4.16. The second-order valence-electron chi connectivity index (χ2n) is 10.5. The highest BCUT2D eigenvalue weighted by Crippen LogP contribution is 2.32. The molecular weight excluding hydrogens is 529 g/mol. The topological polar surface area (TPSA) is 133 Å². The number of Topliss-reactive ketones (excluding diaryl/α,β-unsaturated/α-hetero) is 1.